The first-order valence-electron chi connectivity index (χ1n) is 19.1. The highest BCUT2D eigenvalue weighted by atomic mass is 35.6. The van der Waals surface area contributed by atoms with Crippen molar-refractivity contribution in [2.75, 3.05) is 13.7 Å². The Morgan fingerprint density at radius 2 is 1.32 bits per heavy atom. The van der Waals surface area contributed by atoms with Gasteiger partial charge >= 0.3 is 45.5 Å². The summed E-state index contributed by atoms with van der Waals surface area (Å²) < 4.78 is 121. The van der Waals surface area contributed by atoms with Gasteiger partial charge in [-0.2, -0.15) is 21.6 Å². The molecule has 26 heteroatoms. The average molecular weight is 1020 g/mol. The normalized spacial score (nSPS) is 25.8. The molecule has 0 unspecified atom stereocenters. The van der Waals surface area contributed by atoms with Crippen LogP contribution in [0.1, 0.15) is 36.7 Å². The van der Waals surface area contributed by atoms with Crippen LogP contribution in [-0.4, -0.2) is 129 Å². The molecule has 19 nitrogen and oxygen atoms in total. The third-order valence-corrected chi connectivity index (χ3v) is 11.0. The minimum absolute atomic E-state index is 0.0778. The first-order chi connectivity index (χ1) is 30.9. The minimum atomic E-state index is -6.74. The van der Waals surface area contributed by atoms with Crippen LogP contribution in [0.4, 0.5) is 13.2 Å². The second kappa shape index (κ2) is 21.8. The first kappa shape index (κ1) is 52.1. The summed E-state index contributed by atoms with van der Waals surface area (Å²) in [6.45, 7) is 1.00. The number of alkyl halides is 6. The molecule has 0 aromatic heterocycles. The molecule has 3 aromatic carbocycles. The zero-order chi connectivity index (χ0) is 48.7. The van der Waals surface area contributed by atoms with Gasteiger partial charge < -0.3 is 47.9 Å². The lowest BCUT2D eigenvalue weighted by Gasteiger charge is -2.49. The lowest BCUT2D eigenvalue weighted by atomic mass is 9.94. The van der Waals surface area contributed by atoms with Gasteiger partial charge in [-0.25, -0.2) is 9.59 Å². The van der Waals surface area contributed by atoms with Crippen molar-refractivity contribution >= 4 is 91.4 Å². The van der Waals surface area contributed by atoms with E-state index in [4.69, 9.17) is 81.6 Å². The van der Waals surface area contributed by atoms with E-state index in [2.05, 4.69) is 5.32 Å². The zero-order valence-corrected chi connectivity index (χ0v) is 37.7. The van der Waals surface area contributed by atoms with Crippen LogP contribution in [0, 0.1) is 0 Å². The summed E-state index contributed by atoms with van der Waals surface area (Å²) in [4.78, 5) is 77.4. The number of methoxy groups -OCH3 is 1. The van der Waals surface area contributed by atoms with Crippen LogP contribution in [0.2, 0.25) is 0 Å². The number of hydrogen-bond donors (Lipinski definition) is 1. The van der Waals surface area contributed by atoms with E-state index in [0.29, 0.717) is 5.56 Å². The van der Waals surface area contributed by atoms with Crippen LogP contribution in [-0.2, 0) is 87.5 Å². The van der Waals surface area contributed by atoms with E-state index in [-0.39, 0.29) is 5.56 Å². The highest BCUT2D eigenvalue weighted by molar-refractivity contribution is 7.87. The van der Waals surface area contributed by atoms with Gasteiger partial charge in [0.05, 0.1) is 19.3 Å². The third kappa shape index (κ3) is 13.2. The number of ether oxygens (including phenoxy) is 9. The van der Waals surface area contributed by atoms with E-state index in [1.165, 1.54) is 24.3 Å². The van der Waals surface area contributed by atoms with E-state index in [9.17, 15) is 50.4 Å². The Hall–Kier alpha value is -4.85. The molecule has 3 aromatic rings. The largest absolute Gasteiger partial charge is 0.523 e. The van der Waals surface area contributed by atoms with Gasteiger partial charge in [0.15, 0.2) is 37.0 Å². The maximum atomic E-state index is 14.3. The molecule has 0 bridgehead atoms. The number of carbonyl (C=O) groups excluding carboxylic acids is 6. The summed E-state index contributed by atoms with van der Waals surface area (Å²) in [5.74, 6) is -7.41. The molecule has 0 saturated carbocycles. The maximum absolute atomic E-state index is 14.3. The molecule has 2 saturated heterocycles. The van der Waals surface area contributed by atoms with Gasteiger partial charge in [0, 0.05) is 20.8 Å². The summed E-state index contributed by atoms with van der Waals surface area (Å²) in [5.41, 5.74) is -5.82. The van der Waals surface area contributed by atoms with Crippen molar-refractivity contribution in [3.8, 4) is 0 Å². The molecule has 2 fully saturated rings. The van der Waals surface area contributed by atoms with Gasteiger partial charge in [-0.05, 0) is 34.5 Å². The van der Waals surface area contributed by atoms with Gasteiger partial charge in [-0.15, -0.1) is 0 Å². The van der Waals surface area contributed by atoms with Crippen LogP contribution in [0.5, 0.6) is 0 Å². The number of hydrogen-bond acceptors (Lipinski definition) is 18. The predicted octanol–water partition coefficient (Wildman–Crippen LogP) is 4.11. The maximum Gasteiger partial charge on any atom is 0.523 e. The molecule has 1 amide bonds. The molecule has 2 heterocycles. The molecule has 0 radical (unpaired) electrons. The van der Waals surface area contributed by atoms with Crippen LogP contribution >= 0.6 is 34.8 Å². The molecule has 360 valence electrons. The molecule has 66 heavy (non-hydrogen) atoms. The number of fused-ring (bicyclic) bond motifs is 1. The summed E-state index contributed by atoms with van der Waals surface area (Å²) in [7, 11) is -5.88. The number of esters is 5. The van der Waals surface area contributed by atoms with Crippen molar-refractivity contribution in [2.24, 2.45) is 0 Å². The Kier molecular flexibility index (Phi) is 17.3. The zero-order valence-electron chi connectivity index (χ0n) is 34.6. The van der Waals surface area contributed by atoms with Gasteiger partial charge in [0.25, 0.3) is 9.70 Å². The molecule has 0 spiro atoms. The number of nitrogens with one attached hydrogen (secondary N) is 1. The predicted molar refractivity (Wildman–Crippen MR) is 218 cm³/mol. The van der Waals surface area contributed by atoms with E-state index >= 15 is 0 Å². The Labute approximate surface area is 388 Å². The molecular weight excluding hydrogens is 978 g/mol. The molecule has 0 aliphatic carbocycles. The summed E-state index contributed by atoms with van der Waals surface area (Å²) in [6, 6.07) is 17.0. The van der Waals surface area contributed by atoms with Gasteiger partial charge in [-0.1, -0.05) is 89.4 Å². The van der Waals surface area contributed by atoms with E-state index < -0.39 is 130 Å². The van der Waals surface area contributed by atoms with E-state index in [0.717, 1.165) is 38.7 Å². The Bertz CT molecular complexity index is 2370. The lowest BCUT2D eigenvalue weighted by molar-refractivity contribution is -0.340. The molecular formula is C40H39Cl3F3NO18S. The van der Waals surface area contributed by atoms with Crippen LogP contribution in [0.25, 0.3) is 10.8 Å². The average Bonchev–Trinajstić information content (AvgIpc) is 3.24. The number of halogens is 6. The Balaban J connectivity index is 1.71. The molecule has 2 aliphatic rings. The summed E-state index contributed by atoms with van der Waals surface area (Å²) in [5, 5.41) is 3.71. The smallest absolute Gasteiger partial charge is 0.467 e. The number of rotatable bonds is 15. The number of amides is 1. The van der Waals surface area contributed by atoms with Crippen molar-refractivity contribution in [1.82, 2.24) is 5.32 Å². The Morgan fingerprint density at radius 1 is 0.727 bits per heavy atom. The van der Waals surface area contributed by atoms with E-state index in [1.54, 1.807) is 42.5 Å². The molecule has 2 aliphatic heterocycles. The van der Waals surface area contributed by atoms with Gasteiger partial charge in [0.1, 0.15) is 31.0 Å². The van der Waals surface area contributed by atoms with Crippen molar-refractivity contribution < 1.29 is 97.2 Å². The first-order valence-corrected chi connectivity index (χ1v) is 21.7. The van der Waals surface area contributed by atoms with Crippen molar-refractivity contribution in [3.63, 3.8) is 0 Å². The molecule has 5 rings (SSSR count). The van der Waals surface area contributed by atoms with Gasteiger partial charge in [0.2, 0.25) is 0 Å². The SMILES string of the molecule is COC(=O)[C@H]1O[C@@H](O[C@@H]2[C@@H](NC(=O)C(Cl)(Cl)Cl)[C@H](OCc3ccc4ccccc4c3)O[C@H](COC(=O)c3ccccc3)[C@H]2OS(=O)(=O)C(F)(F)F)[C@H](OC(C)=O)[C@@H](OC(C)=O)[C@@H]1OC(C)=O. The van der Waals surface area contributed by atoms with Gasteiger partial charge in [-0.3, -0.25) is 23.4 Å². The second-order valence-electron chi connectivity index (χ2n) is 14.2. The standard InChI is InChI=1S/C40H39Cl3F3NO18S/c1-19(48)59-30-31(60-20(2)49)33(61-21(3)50)37(64-32(30)35(52)56-4)63-29-27(47-38(53)39(41,42)43)36(58-17-22-14-15-23-10-8-9-13-25(23)16-22)62-26(28(29)65-66(54,55)40(44,45)46)18-57-34(51)24-11-6-5-7-12-24/h5-16,26-33,36-37H,17-18H2,1-4H3,(H,47,53)/t26-,27-,28-,29-,30+,31+,32+,33-,36-,37-/m1/s1. The fourth-order valence-corrected chi connectivity index (χ4v) is 7.51. The fraction of sp³-hybridized carbons (Fsp3) is 0.450. The Morgan fingerprint density at radius 3 is 1.91 bits per heavy atom. The van der Waals surface area contributed by atoms with Crippen LogP contribution < -0.4 is 5.32 Å². The number of carbonyl (C=O) groups is 6. The lowest BCUT2D eigenvalue weighted by Crippen LogP contribution is -2.70. The third-order valence-electron chi connectivity index (χ3n) is 9.46. The van der Waals surface area contributed by atoms with Crippen molar-refractivity contribution in [2.45, 2.75) is 98.0 Å². The van der Waals surface area contributed by atoms with Crippen LogP contribution in [0.3, 0.4) is 0 Å². The highest BCUT2D eigenvalue weighted by Crippen LogP contribution is 2.38. The van der Waals surface area contributed by atoms with E-state index in [1.807, 2.05) is 6.07 Å². The topological polar surface area (TPSA) is 241 Å². The number of benzene rings is 3. The van der Waals surface area contributed by atoms with Crippen molar-refractivity contribution in [1.29, 1.82) is 0 Å². The highest BCUT2D eigenvalue weighted by Gasteiger charge is 2.60. The summed E-state index contributed by atoms with van der Waals surface area (Å²) in [6.07, 6.45) is -20.3. The fourth-order valence-electron chi connectivity index (χ4n) is 6.71. The summed E-state index contributed by atoms with van der Waals surface area (Å²) >= 11 is 17.7. The second-order valence-corrected chi connectivity index (χ2v) is 18.1. The monoisotopic (exact) mass is 1020 g/mol. The molecule has 10 atom stereocenters. The van der Waals surface area contributed by atoms with Crippen molar-refractivity contribution in [3.05, 3.63) is 83.9 Å². The van der Waals surface area contributed by atoms with Crippen LogP contribution in [0.15, 0.2) is 72.8 Å². The quantitative estimate of drug-likeness (QED) is 0.0741. The minimum Gasteiger partial charge on any atom is -0.467 e. The molecule has 1 N–H and O–H groups in total.